The maximum Gasteiger partial charge on any atom is 0.230 e. The highest BCUT2D eigenvalue weighted by Crippen LogP contribution is 2.31. The Morgan fingerprint density at radius 2 is 1.85 bits per heavy atom. The molecule has 0 radical (unpaired) electrons. The number of carbonyl (C=O) groups is 1. The zero-order valence-electron chi connectivity index (χ0n) is 15.1. The molecule has 0 unspecified atom stereocenters. The first-order chi connectivity index (χ1) is 12.8. The summed E-state index contributed by atoms with van der Waals surface area (Å²) in [5.41, 5.74) is 0.912. The molecule has 4 rings (SSSR count). The minimum absolute atomic E-state index is 0.247. The summed E-state index contributed by atoms with van der Waals surface area (Å²) in [6.45, 7) is 1.59. The van der Waals surface area contributed by atoms with E-state index in [2.05, 4.69) is 15.1 Å². The number of aromatic nitrogens is 3. The van der Waals surface area contributed by atoms with E-state index >= 15 is 0 Å². The van der Waals surface area contributed by atoms with Crippen LogP contribution in [-0.2, 0) is 4.79 Å². The predicted octanol–water partition coefficient (Wildman–Crippen LogP) is 3.81. The van der Waals surface area contributed by atoms with Crippen LogP contribution in [0.4, 0.5) is 0 Å². The van der Waals surface area contributed by atoms with E-state index in [1.807, 2.05) is 17.0 Å². The zero-order chi connectivity index (χ0) is 17.8. The van der Waals surface area contributed by atoms with Crippen LogP contribution in [0.3, 0.4) is 0 Å². The molecule has 6 heteroatoms. The smallest absolute Gasteiger partial charge is 0.230 e. The van der Waals surface area contributed by atoms with Gasteiger partial charge < -0.3 is 9.42 Å². The van der Waals surface area contributed by atoms with Crippen LogP contribution >= 0.6 is 0 Å². The molecule has 0 atom stereocenters. The molecule has 0 N–H and O–H groups in total. The maximum absolute atomic E-state index is 12.5. The second-order valence-corrected chi connectivity index (χ2v) is 7.54. The average Bonchev–Trinajstić information content (AvgIpc) is 3.39. The van der Waals surface area contributed by atoms with E-state index in [-0.39, 0.29) is 5.92 Å². The summed E-state index contributed by atoms with van der Waals surface area (Å²) in [5.74, 6) is 2.64. The number of hydrogen-bond acceptors (Lipinski definition) is 5. The molecule has 6 nitrogen and oxygen atoms in total. The van der Waals surface area contributed by atoms with Crippen molar-refractivity contribution in [1.29, 1.82) is 0 Å². The first kappa shape index (κ1) is 17.2. The SMILES string of the molecule is O=C(CCC1CCCC1)N1CCC(c2nc(-c3ccncc3)no2)CC1. The molecular weight excluding hydrogens is 328 g/mol. The molecule has 1 saturated heterocycles. The molecule has 1 amide bonds. The second kappa shape index (κ2) is 7.98. The summed E-state index contributed by atoms with van der Waals surface area (Å²) in [7, 11) is 0. The fourth-order valence-electron chi connectivity index (χ4n) is 4.18. The molecule has 2 aromatic heterocycles. The van der Waals surface area contributed by atoms with Crippen LogP contribution in [0.1, 0.15) is 63.2 Å². The van der Waals surface area contributed by atoms with Crippen molar-refractivity contribution in [2.24, 2.45) is 5.92 Å². The van der Waals surface area contributed by atoms with Crippen molar-refractivity contribution in [1.82, 2.24) is 20.0 Å². The number of carbonyl (C=O) groups excluding carboxylic acids is 1. The van der Waals surface area contributed by atoms with Crippen LogP contribution in [0.25, 0.3) is 11.4 Å². The number of rotatable bonds is 5. The summed E-state index contributed by atoms with van der Waals surface area (Å²) in [6.07, 6.45) is 12.3. The summed E-state index contributed by atoms with van der Waals surface area (Å²) in [4.78, 5) is 23.0. The molecule has 0 bridgehead atoms. The molecule has 2 aliphatic rings. The Labute approximate surface area is 154 Å². The minimum Gasteiger partial charge on any atom is -0.343 e. The van der Waals surface area contributed by atoms with E-state index in [4.69, 9.17) is 4.52 Å². The van der Waals surface area contributed by atoms with E-state index in [9.17, 15) is 4.79 Å². The molecule has 26 heavy (non-hydrogen) atoms. The topological polar surface area (TPSA) is 72.1 Å². The van der Waals surface area contributed by atoms with Crippen LogP contribution in [0.2, 0.25) is 0 Å². The Morgan fingerprint density at radius 3 is 2.58 bits per heavy atom. The van der Waals surface area contributed by atoms with Gasteiger partial charge in [-0.15, -0.1) is 0 Å². The van der Waals surface area contributed by atoms with Gasteiger partial charge in [-0.25, -0.2) is 0 Å². The average molecular weight is 354 g/mol. The fourth-order valence-corrected chi connectivity index (χ4v) is 4.18. The molecule has 3 heterocycles. The molecule has 0 aromatic carbocycles. The Balaban J connectivity index is 1.28. The largest absolute Gasteiger partial charge is 0.343 e. The van der Waals surface area contributed by atoms with E-state index in [1.165, 1.54) is 25.7 Å². The summed E-state index contributed by atoms with van der Waals surface area (Å²) < 4.78 is 5.48. The van der Waals surface area contributed by atoms with Crippen LogP contribution in [-0.4, -0.2) is 39.0 Å². The van der Waals surface area contributed by atoms with Crippen molar-refractivity contribution >= 4 is 5.91 Å². The molecular formula is C20H26N4O2. The normalized spacial score (nSPS) is 19.2. The third kappa shape index (κ3) is 3.94. The van der Waals surface area contributed by atoms with Gasteiger partial charge in [-0.1, -0.05) is 30.8 Å². The molecule has 2 fully saturated rings. The number of piperidine rings is 1. The molecule has 1 aliphatic carbocycles. The Kier molecular flexibility index (Phi) is 5.27. The lowest BCUT2D eigenvalue weighted by molar-refractivity contribution is -0.132. The second-order valence-electron chi connectivity index (χ2n) is 7.54. The Bertz CT molecular complexity index is 716. The van der Waals surface area contributed by atoms with Gasteiger partial charge >= 0.3 is 0 Å². The number of nitrogens with zero attached hydrogens (tertiary/aromatic N) is 4. The van der Waals surface area contributed by atoms with E-state index in [0.29, 0.717) is 24.0 Å². The highest BCUT2D eigenvalue weighted by Gasteiger charge is 2.28. The van der Waals surface area contributed by atoms with Gasteiger partial charge in [0.05, 0.1) is 0 Å². The first-order valence-electron chi connectivity index (χ1n) is 9.81. The van der Waals surface area contributed by atoms with Gasteiger partial charge in [0.2, 0.25) is 17.6 Å². The van der Waals surface area contributed by atoms with Gasteiger partial charge in [0, 0.05) is 43.4 Å². The lowest BCUT2D eigenvalue weighted by Crippen LogP contribution is -2.38. The fraction of sp³-hybridized carbons (Fsp3) is 0.600. The van der Waals surface area contributed by atoms with Gasteiger partial charge in [0.25, 0.3) is 0 Å². The van der Waals surface area contributed by atoms with Gasteiger partial charge in [-0.2, -0.15) is 4.98 Å². The summed E-state index contributed by atoms with van der Waals surface area (Å²) in [5, 5.41) is 4.09. The zero-order valence-corrected chi connectivity index (χ0v) is 15.1. The molecule has 138 valence electrons. The van der Waals surface area contributed by atoms with Gasteiger partial charge in [0.1, 0.15) is 0 Å². The van der Waals surface area contributed by atoms with Crippen LogP contribution in [0.5, 0.6) is 0 Å². The van der Waals surface area contributed by atoms with Crippen LogP contribution in [0.15, 0.2) is 29.0 Å². The van der Waals surface area contributed by atoms with Crippen molar-refractivity contribution < 1.29 is 9.32 Å². The van der Waals surface area contributed by atoms with Crippen molar-refractivity contribution in [2.75, 3.05) is 13.1 Å². The van der Waals surface area contributed by atoms with E-state index in [0.717, 1.165) is 43.8 Å². The number of hydrogen-bond donors (Lipinski definition) is 0. The highest BCUT2D eigenvalue weighted by molar-refractivity contribution is 5.76. The third-order valence-corrected chi connectivity index (χ3v) is 5.82. The monoisotopic (exact) mass is 354 g/mol. The Morgan fingerprint density at radius 1 is 1.12 bits per heavy atom. The van der Waals surface area contributed by atoms with Crippen LogP contribution in [0, 0.1) is 5.92 Å². The van der Waals surface area contributed by atoms with Crippen LogP contribution < -0.4 is 0 Å². The van der Waals surface area contributed by atoms with Crippen molar-refractivity contribution in [3.05, 3.63) is 30.4 Å². The van der Waals surface area contributed by atoms with E-state index in [1.54, 1.807) is 12.4 Å². The molecule has 1 aliphatic heterocycles. The summed E-state index contributed by atoms with van der Waals surface area (Å²) in [6, 6.07) is 3.75. The number of pyridine rings is 1. The number of amides is 1. The third-order valence-electron chi connectivity index (χ3n) is 5.82. The lowest BCUT2D eigenvalue weighted by atomic mass is 9.95. The lowest BCUT2D eigenvalue weighted by Gasteiger charge is -2.30. The molecule has 2 aromatic rings. The van der Waals surface area contributed by atoms with E-state index < -0.39 is 0 Å². The standard InChI is InChI=1S/C20H26N4O2/c25-18(6-5-15-3-1-2-4-15)24-13-9-17(10-14-24)20-22-19(23-26-20)16-7-11-21-12-8-16/h7-8,11-12,15,17H,1-6,9-10,13-14H2. The van der Waals surface area contributed by atoms with Crippen molar-refractivity contribution in [3.63, 3.8) is 0 Å². The van der Waals surface area contributed by atoms with Gasteiger partial charge in [-0.3, -0.25) is 9.78 Å². The summed E-state index contributed by atoms with van der Waals surface area (Å²) >= 11 is 0. The van der Waals surface area contributed by atoms with Crippen molar-refractivity contribution in [3.8, 4) is 11.4 Å². The minimum atomic E-state index is 0.247. The van der Waals surface area contributed by atoms with Crippen molar-refractivity contribution in [2.45, 2.75) is 57.3 Å². The Hall–Kier alpha value is -2.24. The quantitative estimate of drug-likeness (QED) is 0.816. The molecule has 1 saturated carbocycles. The first-order valence-corrected chi connectivity index (χ1v) is 9.81. The van der Waals surface area contributed by atoms with Gasteiger partial charge in [0.15, 0.2) is 0 Å². The highest BCUT2D eigenvalue weighted by atomic mass is 16.5. The molecule has 0 spiro atoms. The number of likely N-dealkylation sites (tertiary alicyclic amines) is 1. The predicted molar refractivity (Wildman–Crippen MR) is 97.3 cm³/mol. The van der Waals surface area contributed by atoms with Gasteiger partial charge in [-0.05, 0) is 37.3 Å². The maximum atomic E-state index is 12.5.